The Labute approximate surface area is 128 Å². The molecular weight excluding hydrogens is 264 g/mol. The predicted octanol–water partition coefficient (Wildman–Crippen LogP) is 2.21. The fourth-order valence-electron chi connectivity index (χ4n) is 4.84. The summed E-state index contributed by atoms with van der Waals surface area (Å²) in [6.45, 7) is 7.16. The highest BCUT2D eigenvalue weighted by molar-refractivity contribution is 5.89. The molecule has 1 saturated heterocycles. The van der Waals surface area contributed by atoms with Gasteiger partial charge < -0.3 is 15.8 Å². The molecule has 0 aromatic heterocycles. The van der Waals surface area contributed by atoms with E-state index in [1.165, 1.54) is 25.7 Å². The molecule has 2 saturated carbocycles. The van der Waals surface area contributed by atoms with Crippen LogP contribution in [-0.2, 0) is 9.53 Å². The Morgan fingerprint density at radius 2 is 1.90 bits per heavy atom. The summed E-state index contributed by atoms with van der Waals surface area (Å²) in [4.78, 5) is 12.9. The fraction of sp³-hybridized carbons (Fsp3) is 0.941. The van der Waals surface area contributed by atoms with Gasteiger partial charge in [-0.1, -0.05) is 40.0 Å². The van der Waals surface area contributed by atoms with Crippen LogP contribution < -0.4 is 11.1 Å². The van der Waals surface area contributed by atoms with Crippen molar-refractivity contribution in [3.05, 3.63) is 0 Å². The van der Waals surface area contributed by atoms with Crippen LogP contribution in [0.2, 0.25) is 0 Å². The third-order valence-electron chi connectivity index (χ3n) is 6.51. The second-order valence-corrected chi connectivity index (χ2v) is 7.97. The molecule has 1 heterocycles. The van der Waals surface area contributed by atoms with Crippen LogP contribution in [0, 0.1) is 17.3 Å². The SMILES string of the molecule is CC1CCCCCC1NC(=O)C1(N)C2CCOC2C1(C)C. The van der Waals surface area contributed by atoms with Gasteiger partial charge in [0.1, 0.15) is 5.54 Å². The molecule has 1 amide bonds. The molecule has 2 aliphatic carbocycles. The van der Waals surface area contributed by atoms with Crippen LogP contribution in [-0.4, -0.2) is 30.2 Å². The molecule has 3 N–H and O–H groups in total. The zero-order chi connectivity index (χ0) is 15.3. The third kappa shape index (κ3) is 2.14. The van der Waals surface area contributed by atoms with Crippen LogP contribution in [0.25, 0.3) is 0 Å². The van der Waals surface area contributed by atoms with Gasteiger partial charge in [-0.25, -0.2) is 0 Å². The lowest BCUT2D eigenvalue weighted by Crippen LogP contribution is -2.80. The third-order valence-corrected chi connectivity index (χ3v) is 6.51. The number of hydrogen-bond acceptors (Lipinski definition) is 3. The summed E-state index contributed by atoms with van der Waals surface area (Å²) in [5.41, 5.74) is 5.58. The van der Waals surface area contributed by atoms with Crippen LogP contribution in [0.5, 0.6) is 0 Å². The highest BCUT2D eigenvalue weighted by Crippen LogP contribution is 2.58. The van der Waals surface area contributed by atoms with Crippen molar-refractivity contribution in [2.45, 2.75) is 77.0 Å². The van der Waals surface area contributed by atoms with Gasteiger partial charge in [0.25, 0.3) is 0 Å². The normalized spacial score (nSPS) is 45.3. The van der Waals surface area contributed by atoms with Crippen LogP contribution in [0.4, 0.5) is 0 Å². The van der Waals surface area contributed by atoms with E-state index in [2.05, 4.69) is 26.1 Å². The lowest BCUT2D eigenvalue weighted by molar-refractivity contribution is -0.176. The molecule has 21 heavy (non-hydrogen) atoms. The lowest BCUT2D eigenvalue weighted by Gasteiger charge is -2.61. The number of amides is 1. The molecule has 4 nitrogen and oxygen atoms in total. The molecule has 3 rings (SSSR count). The first-order valence-corrected chi connectivity index (χ1v) is 8.60. The predicted molar refractivity (Wildman–Crippen MR) is 82.7 cm³/mol. The number of ether oxygens (including phenoxy) is 1. The number of hydrogen-bond donors (Lipinski definition) is 2. The maximum Gasteiger partial charge on any atom is 0.241 e. The van der Waals surface area contributed by atoms with Gasteiger partial charge in [0.2, 0.25) is 5.91 Å². The van der Waals surface area contributed by atoms with Crippen molar-refractivity contribution in [1.82, 2.24) is 5.32 Å². The first-order chi connectivity index (χ1) is 9.89. The number of rotatable bonds is 2. The Morgan fingerprint density at radius 1 is 1.19 bits per heavy atom. The Kier molecular flexibility index (Phi) is 3.81. The molecule has 0 aromatic rings. The summed E-state index contributed by atoms with van der Waals surface area (Å²) in [7, 11) is 0. The maximum absolute atomic E-state index is 12.9. The second-order valence-electron chi connectivity index (χ2n) is 7.97. The molecule has 0 spiro atoms. The minimum atomic E-state index is -0.764. The molecule has 3 fully saturated rings. The van der Waals surface area contributed by atoms with Crippen LogP contribution in [0.15, 0.2) is 0 Å². The highest BCUT2D eigenvalue weighted by atomic mass is 16.5. The summed E-state index contributed by atoms with van der Waals surface area (Å²) in [6.07, 6.45) is 7.15. The molecule has 4 heteroatoms. The number of carbonyl (C=O) groups excluding carboxylic acids is 1. The molecule has 0 radical (unpaired) electrons. The van der Waals surface area contributed by atoms with E-state index in [0.29, 0.717) is 5.92 Å². The molecule has 3 aliphatic rings. The molecule has 1 aliphatic heterocycles. The van der Waals surface area contributed by atoms with Crippen molar-refractivity contribution in [2.24, 2.45) is 23.0 Å². The van der Waals surface area contributed by atoms with Crippen molar-refractivity contribution in [1.29, 1.82) is 0 Å². The molecule has 5 atom stereocenters. The zero-order valence-corrected chi connectivity index (χ0v) is 13.7. The van der Waals surface area contributed by atoms with Crippen LogP contribution in [0.1, 0.15) is 59.3 Å². The topological polar surface area (TPSA) is 64.4 Å². The number of nitrogens with one attached hydrogen (secondary N) is 1. The molecule has 0 bridgehead atoms. The Hall–Kier alpha value is -0.610. The van der Waals surface area contributed by atoms with E-state index in [4.69, 9.17) is 10.5 Å². The van der Waals surface area contributed by atoms with E-state index in [-0.39, 0.29) is 29.4 Å². The van der Waals surface area contributed by atoms with Gasteiger partial charge in [-0.3, -0.25) is 4.79 Å². The summed E-state index contributed by atoms with van der Waals surface area (Å²) < 4.78 is 5.78. The van der Waals surface area contributed by atoms with Gasteiger partial charge in [0.05, 0.1) is 6.10 Å². The Bertz CT molecular complexity index is 423. The highest BCUT2D eigenvalue weighted by Gasteiger charge is 2.71. The standard InChI is InChI=1S/C17H30N2O2/c1-11-7-5-4-6-8-13(11)19-15(20)17(18)12-9-10-21-14(12)16(17,2)3/h11-14H,4-10,18H2,1-3H3,(H,19,20). The average Bonchev–Trinajstić information content (AvgIpc) is 2.84. The van der Waals surface area contributed by atoms with E-state index in [1.54, 1.807) is 0 Å². The van der Waals surface area contributed by atoms with Crippen LogP contribution in [0.3, 0.4) is 0 Å². The number of fused-ring (bicyclic) bond motifs is 1. The smallest absolute Gasteiger partial charge is 0.241 e. The Balaban J connectivity index is 1.72. The average molecular weight is 294 g/mol. The van der Waals surface area contributed by atoms with Crippen molar-refractivity contribution in [2.75, 3.05) is 6.61 Å². The summed E-state index contributed by atoms with van der Waals surface area (Å²) >= 11 is 0. The summed E-state index contributed by atoms with van der Waals surface area (Å²) in [5, 5.41) is 3.30. The summed E-state index contributed by atoms with van der Waals surface area (Å²) in [5.74, 6) is 0.797. The first-order valence-electron chi connectivity index (χ1n) is 8.60. The zero-order valence-electron chi connectivity index (χ0n) is 13.7. The second kappa shape index (κ2) is 5.24. The van der Waals surface area contributed by atoms with Crippen LogP contribution >= 0.6 is 0 Å². The van der Waals surface area contributed by atoms with E-state index < -0.39 is 5.54 Å². The van der Waals surface area contributed by atoms with Crippen molar-refractivity contribution >= 4 is 5.91 Å². The monoisotopic (exact) mass is 294 g/mol. The molecule has 0 aromatic carbocycles. The molecular formula is C17H30N2O2. The van der Waals surface area contributed by atoms with Gasteiger partial charge in [-0.15, -0.1) is 0 Å². The van der Waals surface area contributed by atoms with Crippen molar-refractivity contribution in [3.63, 3.8) is 0 Å². The minimum absolute atomic E-state index is 0.0537. The van der Waals surface area contributed by atoms with E-state index in [9.17, 15) is 4.79 Å². The van der Waals surface area contributed by atoms with Gasteiger partial charge in [-0.05, 0) is 25.2 Å². The lowest BCUT2D eigenvalue weighted by atomic mass is 9.48. The first kappa shape index (κ1) is 15.3. The molecule has 5 unspecified atom stereocenters. The number of nitrogens with two attached hydrogens (primary N) is 1. The Morgan fingerprint density at radius 3 is 2.67 bits per heavy atom. The van der Waals surface area contributed by atoms with E-state index >= 15 is 0 Å². The number of carbonyl (C=O) groups is 1. The quantitative estimate of drug-likeness (QED) is 0.768. The van der Waals surface area contributed by atoms with Gasteiger partial charge >= 0.3 is 0 Å². The van der Waals surface area contributed by atoms with Gasteiger partial charge in [0, 0.05) is 24.0 Å². The maximum atomic E-state index is 12.9. The van der Waals surface area contributed by atoms with Gasteiger partial charge in [-0.2, -0.15) is 0 Å². The molecule has 120 valence electrons. The minimum Gasteiger partial charge on any atom is -0.377 e. The fourth-order valence-corrected chi connectivity index (χ4v) is 4.84. The van der Waals surface area contributed by atoms with Crippen molar-refractivity contribution in [3.8, 4) is 0 Å². The summed E-state index contributed by atoms with van der Waals surface area (Å²) in [6, 6.07) is 0.289. The largest absolute Gasteiger partial charge is 0.377 e. The van der Waals surface area contributed by atoms with E-state index in [1.807, 2.05) is 0 Å². The van der Waals surface area contributed by atoms with Gasteiger partial charge in [0.15, 0.2) is 0 Å². The van der Waals surface area contributed by atoms with E-state index in [0.717, 1.165) is 19.4 Å². The van der Waals surface area contributed by atoms with Crippen molar-refractivity contribution < 1.29 is 9.53 Å².